The molecule has 2 bridgehead atoms. The summed E-state index contributed by atoms with van der Waals surface area (Å²) >= 11 is 1.48. The van der Waals surface area contributed by atoms with Gasteiger partial charge in [-0.15, -0.1) is 11.3 Å². The zero-order chi connectivity index (χ0) is 22.4. The van der Waals surface area contributed by atoms with E-state index in [4.69, 9.17) is 4.74 Å². The van der Waals surface area contributed by atoms with Crippen molar-refractivity contribution in [1.82, 2.24) is 20.2 Å². The quantitative estimate of drug-likeness (QED) is 0.457. The Balaban J connectivity index is 1.08. The molecule has 2 aromatic heterocycles. The molecule has 3 fully saturated rings. The zero-order valence-corrected chi connectivity index (χ0v) is 20.1. The number of ether oxygens (including phenoxy) is 1. The number of morpholine rings is 1. The molecule has 3 atom stereocenters. The molecule has 0 aromatic carbocycles. The molecule has 0 radical (unpaired) electrons. The maximum atomic E-state index is 13.1. The summed E-state index contributed by atoms with van der Waals surface area (Å²) in [5.41, 5.74) is 1.55. The Morgan fingerprint density at radius 3 is 2.91 bits per heavy atom. The second kappa shape index (κ2) is 8.64. The van der Waals surface area contributed by atoms with E-state index in [9.17, 15) is 4.79 Å². The van der Waals surface area contributed by atoms with Crippen molar-refractivity contribution in [2.75, 3.05) is 51.3 Å². The number of carbonyl (C=O) groups is 1. The molecule has 3 unspecified atom stereocenters. The van der Waals surface area contributed by atoms with Gasteiger partial charge in [-0.1, -0.05) is 12.2 Å². The molecule has 1 spiro atoms. The van der Waals surface area contributed by atoms with Crippen LogP contribution < -0.4 is 10.6 Å². The number of hydrogen-bond donors (Lipinski definition) is 2. The van der Waals surface area contributed by atoms with Gasteiger partial charge in [-0.2, -0.15) is 0 Å². The summed E-state index contributed by atoms with van der Waals surface area (Å²) in [4.78, 5) is 26.2. The Morgan fingerprint density at radius 2 is 2.12 bits per heavy atom. The first-order chi connectivity index (χ1) is 16.2. The van der Waals surface area contributed by atoms with Crippen LogP contribution in [0.5, 0.6) is 0 Å². The lowest BCUT2D eigenvalue weighted by Gasteiger charge is -2.26. The second-order valence-corrected chi connectivity index (χ2v) is 11.1. The molecule has 2 saturated carbocycles. The first-order valence-corrected chi connectivity index (χ1v) is 13.2. The Labute approximate surface area is 199 Å². The van der Waals surface area contributed by atoms with Crippen molar-refractivity contribution in [2.45, 2.75) is 32.6 Å². The highest BCUT2D eigenvalue weighted by Crippen LogP contribution is 2.69. The molecule has 6 rings (SSSR count). The van der Waals surface area contributed by atoms with Gasteiger partial charge in [0.25, 0.3) is 5.91 Å². The molecule has 3 aliphatic carbocycles. The van der Waals surface area contributed by atoms with Gasteiger partial charge >= 0.3 is 0 Å². The van der Waals surface area contributed by atoms with E-state index in [1.54, 1.807) is 6.33 Å². The zero-order valence-electron chi connectivity index (χ0n) is 19.3. The second-order valence-electron chi connectivity index (χ2n) is 10.1. The summed E-state index contributed by atoms with van der Waals surface area (Å²) in [6.45, 7) is 8.39. The van der Waals surface area contributed by atoms with E-state index in [-0.39, 0.29) is 5.91 Å². The molecule has 4 aliphatic rings. The van der Waals surface area contributed by atoms with Crippen molar-refractivity contribution in [3.63, 3.8) is 0 Å². The average Bonchev–Trinajstić information content (AvgIpc) is 3.39. The summed E-state index contributed by atoms with van der Waals surface area (Å²) in [5, 5.41) is 7.73. The van der Waals surface area contributed by atoms with Crippen LogP contribution in [-0.4, -0.2) is 66.7 Å². The maximum Gasteiger partial charge on any atom is 0.261 e. The van der Waals surface area contributed by atoms with Crippen LogP contribution in [0.4, 0.5) is 5.82 Å². The van der Waals surface area contributed by atoms with Gasteiger partial charge in [-0.05, 0) is 67.9 Å². The Hall–Kier alpha value is -2.03. The number of fused-ring (bicyclic) bond motifs is 1. The standard InChI is InChI=1S/C25H33N5O2S/c1-16-20-22(26-7-2-8-30-9-11-32-12-10-30)28-15-29-24(20)33-21(16)23(31)27-14-17-13-18-3-4-19(17)25(18)5-6-25/h3-4,15,17-19H,2,5-14H2,1H3,(H,27,31)(H,26,28,29). The number of thiophene rings is 1. The van der Waals surface area contributed by atoms with Crippen LogP contribution in [-0.2, 0) is 4.74 Å². The number of hydrogen-bond acceptors (Lipinski definition) is 7. The first-order valence-electron chi connectivity index (χ1n) is 12.4. The van der Waals surface area contributed by atoms with E-state index in [2.05, 4.69) is 37.7 Å². The molecule has 1 amide bonds. The van der Waals surface area contributed by atoms with E-state index in [0.717, 1.165) is 84.8 Å². The fraction of sp³-hybridized carbons (Fsp3) is 0.640. The fourth-order valence-electron chi connectivity index (χ4n) is 6.42. The van der Waals surface area contributed by atoms with Gasteiger partial charge in [0.05, 0.1) is 23.5 Å². The van der Waals surface area contributed by atoms with Crippen LogP contribution >= 0.6 is 11.3 Å². The smallest absolute Gasteiger partial charge is 0.261 e. The molecule has 176 valence electrons. The Bertz CT molecular complexity index is 1070. The maximum absolute atomic E-state index is 13.1. The number of nitrogens with one attached hydrogen (secondary N) is 2. The predicted octanol–water partition coefficient (Wildman–Crippen LogP) is 3.47. The van der Waals surface area contributed by atoms with E-state index in [1.165, 1.54) is 30.6 Å². The van der Waals surface area contributed by atoms with Gasteiger partial charge in [0, 0.05) is 26.2 Å². The minimum Gasteiger partial charge on any atom is -0.379 e. The third-order valence-corrected chi connectivity index (χ3v) is 9.55. The lowest BCUT2D eigenvalue weighted by Crippen LogP contribution is -2.37. The molecule has 1 saturated heterocycles. The van der Waals surface area contributed by atoms with Crippen LogP contribution in [0.1, 0.15) is 40.9 Å². The minimum atomic E-state index is 0.0327. The number of nitrogens with zero attached hydrogens (tertiary/aromatic N) is 3. The molecule has 1 aliphatic heterocycles. The lowest BCUT2D eigenvalue weighted by atomic mass is 9.89. The summed E-state index contributed by atoms with van der Waals surface area (Å²) in [6, 6.07) is 0. The largest absolute Gasteiger partial charge is 0.379 e. The van der Waals surface area contributed by atoms with Crippen LogP contribution in [0.2, 0.25) is 0 Å². The molecule has 8 heteroatoms. The van der Waals surface area contributed by atoms with Crippen LogP contribution in [0, 0.1) is 30.1 Å². The number of rotatable bonds is 8. The van der Waals surface area contributed by atoms with Gasteiger partial charge in [0.15, 0.2) is 0 Å². The van der Waals surface area contributed by atoms with Gasteiger partial charge in [-0.3, -0.25) is 9.69 Å². The van der Waals surface area contributed by atoms with Gasteiger partial charge in [0.1, 0.15) is 17.0 Å². The molecule has 2 N–H and O–H groups in total. The van der Waals surface area contributed by atoms with Gasteiger partial charge in [-0.25, -0.2) is 9.97 Å². The normalized spacial score (nSPS) is 27.5. The van der Waals surface area contributed by atoms with Crippen molar-refractivity contribution in [1.29, 1.82) is 0 Å². The summed E-state index contributed by atoms with van der Waals surface area (Å²) < 4.78 is 5.42. The number of allylic oxidation sites excluding steroid dienone is 2. The number of carbonyl (C=O) groups excluding carboxylic acids is 1. The first kappa shape index (κ1) is 21.5. The molecule has 2 aromatic rings. The van der Waals surface area contributed by atoms with Crippen LogP contribution in [0.25, 0.3) is 10.2 Å². The van der Waals surface area contributed by atoms with Gasteiger partial charge < -0.3 is 15.4 Å². The van der Waals surface area contributed by atoms with Crippen molar-refractivity contribution >= 4 is 33.3 Å². The molecule has 3 heterocycles. The third kappa shape index (κ3) is 3.86. The van der Waals surface area contributed by atoms with Crippen molar-refractivity contribution in [3.8, 4) is 0 Å². The van der Waals surface area contributed by atoms with E-state index in [0.29, 0.717) is 17.3 Å². The monoisotopic (exact) mass is 467 g/mol. The number of aryl methyl sites for hydroxylation is 1. The average molecular weight is 468 g/mol. The van der Waals surface area contributed by atoms with Crippen molar-refractivity contribution in [2.24, 2.45) is 23.2 Å². The number of anilines is 1. The Morgan fingerprint density at radius 1 is 1.27 bits per heavy atom. The minimum absolute atomic E-state index is 0.0327. The number of amides is 1. The molecule has 33 heavy (non-hydrogen) atoms. The molecular weight excluding hydrogens is 434 g/mol. The summed E-state index contributed by atoms with van der Waals surface area (Å²) in [5.74, 6) is 2.88. The van der Waals surface area contributed by atoms with Crippen LogP contribution in [0.15, 0.2) is 18.5 Å². The number of aromatic nitrogens is 2. The lowest BCUT2D eigenvalue weighted by molar-refractivity contribution is 0.0378. The van der Waals surface area contributed by atoms with Crippen molar-refractivity contribution in [3.05, 3.63) is 28.9 Å². The van der Waals surface area contributed by atoms with E-state index < -0.39 is 0 Å². The van der Waals surface area contributed by atoms with Crippen molar-refractivity contribution < 1.29 is 9.53 Å². The highest BCUT2D eigenvalue weighted by Gasteiger charge is 2.62. The topological polar surface area (TPSA) is 79.4 Å². The van der Waals surface area contributed by atoms with Gasteiger partial charge in [0.2, 0.25) is 0 Å². The summed E-state index contributed by atoms with van der Waals surface area (Å²) in [7, 11) is 0. The fourth-order valence-corrected chi connectivity index (χ4v) is 7.48. The highest BCUT2D eigenvalue weighted by atomic mass is 32.1. The third-order valence-electron chi connectivity index (χ3n) is 8.35. The SMILES string of the molecule is Cc1c(C(=O)NCC2CC3C=CC2C32CC2)sc2ncnc(NCCCN3CCOCC3)c12. The van der Waals surface area contributed by atoms with E-state index in [1.807, 2.05) is 6.92 Å². The highest BCUT2D eigenvalue weighted by molar-refractivity contribution is 7.20. The Kier molecular flexibility index (Phi) is 5.63. The predicted molar refractivity (Wildman–Crippen MR) is 131 cm³/mol. The summed E-state index contributed by atoms with van der Waals surface area (Å²) in [6.07, 6.45) is 11.5. The van der Waals surface area contributed by atoms with Crippen LogP contribution in [0.3, 0.4) is 0 Å². The van der Waals surface area contributed by atoms with E-state index >= 15 is 0 Å². The molecular formula is C25H33N5O2S. The molecule has 7 nitrogen and oxygen atoms in total.